The topological polar surface area (TPSA) is 6.48 Å². The van der Waals surface area contributed by atoms with E-state index < -0.39 is 0 Å². The predicted molar refractivity (Wildman–Crippen MR) is 247 cm³/mol. The van der Waals surface area contributed by atoms with Gasteiger partial charge in [-0.15, -0.1) is 22.7 Å². The molecule has 0 atom stereocenters. The van der Waals surface area contributed by atoms with Crippen LogP contribution in [0.1, 0.15) is 11.1 Å². The van der Waals surface area contributed by atoms with Crippen LogP contribution in [0.5, 0.6) is 0 Å². The maximum atomic E-state index is 3.98. The summed E-state index contributed by atoms with van der Waals surface area (Å²) in [4.78, 5) is 4.70. The maximum Gasteiger partial charge on any atom is 0.0476 e. The van der Waals surface area contributed by atoms with Gasteiger partial charge in [-0.3, -0.25) is 0 Å². The zero-order valence-corrected chi connectivity index (χ0v) is 32.2. The molecular weight excluding hydrogens is 717 g/mol. The number of para-hydroxylation sites is 2. The molecule has 266 valence electrons. The second-order valence-electron chi connectivity index (χ2n) is 13.9. The SMILES string of the molecule is C=Cc1ccc2c(c1)sc1cc(N(c3ccccc3)c3ccc(-c4cccc(N(c5ccccc5)c5ccc6c(c5)sc5cc(C=C)ccc56)c4)cc3)ccc12. The average Bonchev–Trinajstić information content (AvgIpc) is 3.81. The lowest BCUT2D eigenvalue weighted by Crippen LogP contribution is -2.10. The lowest BCUT2D eigenvalue weighted by molar-refractivity contribution is 1.28. The van der Waals surface area contributed by atoms with Crippen molar-refractivity contribution in [3.8, 4) is 11.1 Å². The number of benzene rings is 8. The van der Waals surface area contributed by atoms with Crippen LogP contribution in [0.3, 0.4) is 0 Å². The van der Waals surface area contributed by atoms with E-state index >= 15 is 0 Å². The number of nitrogens with zero attached hydrogens (tertiary/aromatic N) is 2. The van der Waals surface area contributed by atoms with Crippen LogP contribution in [0, 0.1) is 0 Å². The van der Waals surface area contributed by atoms with E-state index in [1.165, 1.54) is 40.3 Å². The Labute approximate surface area is 334 Å². The number of fused-ring (bicyclic) bond motifs is 6. The molecule has 8 aromatic carbocycles. The Morgan fingerprint density at radius 3 is 1.21 bits per heavy atom. The quantitative estimate of drug-likeness (QED) is 0.145. The molecule has 0 bridgehead atoms. The highest BCUT2D eigenvalue weighted by Gasteiger charge is 2.18. The van der Waals surface area contributed by atoms with Crippen LogP contribution >= 0.6 is 22.7 Å². The van der Waals surface area contributed by atoms with Gasteiger partial charge in [-0.25, -0.2) is 0 Å². The van der Waals surface area contributed by atoms with E-state index in [-0.39, 0.29) is 0 Å². The van der Waals surface area contributed by atoms with Crippen LogP contribution in [0.25, 0.3) is 63.6 Å². The molecule has 2 nitrogen and oxygen atoms in total. The van der Waals surface area contributed by atoms with Crippen molar-refractivity contribution in [1.29, 1.82) is 0 Å². The molecule has 0 amide bonds. The highest BCUT2D eigenvalue weighted by atomic mass is 32.1. The van der Waals surface area contributed by atoms with E-state index in [1.807, 2.05) is 34.8 Å². The Balaban J connectivity index is 1.02. The van der Waals surface area contributed by atoms with Crippen LogP contribution in [-0.4, -0.2) is 0 Å². The summed E-state index contributed by atoms with van der Waals surface area (Å²) in [6.07, 6.45) is 3.83. The van der Waals surface area contributed by atoms with Gasteiger partial charge in [0.05, 0.1) is 0 Å². The van der Waals surface area contributed by atoms with Crippen LogP contribution in [0.15, 0.2) is 195 Å². The third kappa shape index (κ3) is 6.06. The average molecular weight is 753 g/mol. The molecule has 2 heterocycles. The monoisotopic (exact) mass is 752 g/mol. The number of thiophene rings is 2. The summed E-state index contributed by atoms with van der Waals surface area (Å²) in [6.45, 7) is 7.95. The molecule has 10 rings (SSSR count). The van der Waals surface area contributed by atoms with Gasteiger partial charge in [0, 0.05) is 74.5 Å². The minimum absolute atomic E-state index is 1.10. The van der Waals surface area contributed by atoms with Gasteiger partial charge in [-0.05, 0) is 107 Å². The van der Waals surface area contributed by atoms with E-state index in [9.17, 15) is 0 Å². The van der Waals surface area contributed by atoms with Crippen LogP contribution in [0.2, 0.25) is 0 Å². The second-order valence-corrected chi connectivity index (χ2v) is 16.1. The number of rotatable bonds is 9. The van der Waals surface area contributed by atoms with E-state index in [2.05, 4.69) is 205 Å². The predicted octanol–water partition coefficient (Wildman–Crippen LogP) is 16.3. The van der Waals surface area contributed by atoms with E-state index in [4.69, 9.17) is 0 Å². The first-order valence-electron chi connectivity index (χ1n) is 18.7. The first-order valence-corrected chi connectivity index (χ1v) is 20.4. The van der Waals surface area contributed by atoms with Crippen molar-refractivity contribution in [3.63, 3.8) is 0 Å². The standard InChI is InChI=1S/C52H36N2S2/c1-3-35-18-26-45-47-28-24-43(33-51(47)55-49(45)30-35)53(39-13-7-5-8-14-39)41-22-20-37(21-23-41)38-12-11-17-42(32-38)54(40-15-9-6-10-16-40)44-25-29-48-46-27-19-36(4-2)31-50(46)56-52(48)34-44/h3-34H,1-2H2. The van der Waals surface area contributed by atoms with E-state index in [1.54, 1.807) is 0 Å². The summed E-state index contributed by atoms with van der Waals surface area (Å²) in [7, 11) is 0. The summed E-state index contributed by atoms with van der Waals surface area (Å²) >= 11 is 3.67. The summed E-state index contributed by atoms with van der Waals surface area (Å²) < 4.78 is 5.09. The molecule has 4 heteroatoms. The van der Waals surface area contributed by atoms with Gasteiger partial charge in [0.25, 0.3) is 0 Å². The van der Waals surface area contributed by atoms with Gasteiger partial charge >= 0.3 is 0 Å². The van der Waals surface area contributed by atoms with E-state index in [0.29, 0.717) is 0 Å². The Morgan fingerprint density at radius 2 is 0.714 bits per heavy atom. The molecule has 0 saturated carbocycles. The Kier molecular flexibility index (Phi) is 8.56. The van der Waals surface area contributed by atoms with Crippen LogP contribution in [-0.2, 0) is 0 Å². The fourth-order valence-electron chi connectivity index (χ4n) is 7.77. The third-order valence-electron chi connectivity index (χ3n) is 10.5. The Morgan fingerprint density at radius 1 is 0.321 bits per heavy atom. The van der Waals surface area contributed by atoms with Crippen molar-refractivity contribution in [2.45, 2.75) is 0 Å². The van der Waals surface area contributed by atoms with E-state index in [0.717, 1.165) is 56.4 Å². The molecule has 0 aliphatic carbocycles. The first-order chi connectivity index (χ1) is 27.6. The van der Waals surface area contributed by atoms with Crippen molar-refractivity contribution in [1.82, 2.24) is 0 Å². The lowest BCUT2D eigenvalue weighted by Gasteiger charge is -2.26. The highest BCUT2D eigenvalue weighted by molar-refractivity contribution is 7.26. The minimum Gasteiger partial charge on any atom is -0.310 e. The molecule has 0 aliphatic heterocycles. The van der Waals surface area contributed by atoms with Crippen molar-refractivity contribution in [2.75, 3.05) is 9.80 Å². The van der Waals surface area contributed by atoms with Crippen LogP contribution in [0.4, 0.5) is 34.1 Å². The fraction of sp³-hybridized carbons (Fsp3) is 0. The number of hydrogen-bond acceptors (Lipinski definition) is 4. The molecule has 0 N–H and O–H groups in total. The van der Waals surface area contributed by atoms with Gasteiger partial charge in [0.2, 0.25) is 0 Å². The highest BCUT2D eigenvalue weighted by Crippen LogP contribution is 2.43. The largest absolute Gasteiger partial charge is 0.310 e. The van der Waals surface area contributed by atoms with Crippen molar-refractivity contribution in [3.05, 3.63) is 206 Å². The molecule has 56 heavy (non-hydrogen) atoms. The summed E-state index contributed by atoms with van der Waals surface area (Å²) in [5.41, 5.74) is 11.3. The summed E-state index contributed by atoms with van der Waals surface area (Å²) in [5.74, 6) is 0. The Hall–Kier alpha value is -6.72. The molecule has 10 aromatic rings. The molecule has 0 spiro atoms. The zero-order valence-electron chi connectivity index (χ0n) is 30.6. The third-order valence-corrected chi connectivity index (χ3v) is 12.8. The van der Waals surface area contributed by atoms with Gasteiger partial charge in [0.1, 0.15) is 0 Å². The molecule has 0 unspecified atom stereocenters. The van der Waals surface area contributed by atoms with Gasteiger partial charge in [-0.2, -0.15) is 0 Å². The maximum absolute atomic E-state index is 3.98. The Bertz CT molecular complexity index is 3070. The van der Waals surface area contributed by atoms with Crippen molar-refractivity contribution in [2.24, 2.45) is 0 Å². The molecule has 2 aromatic heterocycles. The first kappa shape index (κ1) is 33.8. The molecule has 0 aliphatic rings. The zero-order chi connectivity index (χ0) is 37.6. The number of hydrogen-bond donors (Lipinski definition) is 0. The smallest absolute Gasteiger partial charge is 0.0476 e. The van der Waals surface area contributed by atoms with Crippen molar-refractivity contribution < 1.29 is 0 Å². The summed E-state index contributed by atoms with van der Waals surface area (Å²) in [5, 5.41) is 5.13. The van der Waals surface area contributed by atoms with Crippen molar-refractivity contribution >= 4 is 109 Å². The second kappa shape index (κ2) is 14.2. The number of anilines is 6. The van der Waals surface area contributed by atoms with Gasteiger partial charge in [-0.1, -0.05) is 122 Å². The normalized spacial score (nSPS) is 11.4. The molecule has 0 saturated heterocycles. The van der Waals surface area contributed by atoms with Crippen LogP contribution < -0.4 is 9.80 Å². The van der Waals surface area contributed by atoms with Gasteiger partial charge < -0.3 is 9.80 Å². The fourth-order valence-corrected chi connectivity index (χ4v) is 10.1. The molecule has 0 radical (unpaired) electrons. The minimum atomic E-state index is 1.10. The lowest BCUT2D eigenvalue weighted by atomic mass is 10.0. The molecule has 0 fully saturated rings. The van der Waals surface area contributed by atoms with Gasteiger partial charge in [0.15, 0.2) is 0 Å². The molecular formula is C52H36N2S2. The summed E-state index contributed by atoms with van der Waals surface area (Å²) in [6, 6.07) is 66.0.